The summed E-state index contributed by atoms with van der Waals surface area (Å²) in [6.45, 7) is 7.97. The van der Waals surface area contributed by atoms with Crippen molar-refractivity contribution in [3.63, 3.8) is 0 Å². The van der Waals surface area contributed by atoms with Crippen molar-refractivity contribution in [1.82, 2.24) is 29.9 Å². The molecule has 0 radical (unpaired) electrons. The van der Waals surface area contributed by atoms with Gasteiger partial charge in [-0.05, 0) is 46.3 Å². The van der Waals surface area contributed by atoms with Crippen molar-refractivity contribution in [2.75, 3.05) is 56.2 Å². The first-order valence-electron chi connectivity index (χ1n) is 11.4. The Morgan fingerprint density at radius 3 is 2.77 bits per heavy atom. The van der Waals surface area contributed by atoms with Gasteiger partial charge in [-0.15, -0.1) is 0 Å². The van der Waals surface area contributed by atoms with Gasteiger partial charge in [0.05, 0.1) is 42.7 Å². The number of aromatic amines is 1. The molecule has 9 heteroatoms. The van der Waals surface area contributed by atoms with Crippen molar-refractivity contribution in [2.24, 2.45) is 0 Å². The second-order valence-electron chi connectivity index (χ2n) is 9.09. The number of nitrogens with one attached hydrogen (secondary N) is 1. The first-order valence-corrected chi connectivity index (χ1v) is 11.4. The smallest absolute Gasteiger partial charge is 0.169 e. The molecule has 0 aliphatic carbocycles. The van der Waals surface area contributed by atoms with E-state index in [0.717, 1.165) is 68.5 Å². The van der Waals surface area contributed by atoms with E-state index in [4.69, 9.17) is 14.8 Å². The Hall–Kier alpha value is -2.65. The summed E-state index contributed by atoms with van der Waals surface area (Å²) in [5.41, 5.74) is 3.62. The number of rotatable bonds is 3. The summed E-state index contributed by atoms with van der Waals surface area (Å²) in [6.07, 6.45) is 7.20. The van der Waals surface area contributed by atoms with Crippen molar-refractivity contribution in [3.05, 3.63) is 24.0 Å². The molecule has 3 aromatic heterocycles. The molecular formula is C22H30N8O. The monoisotopic (exact) mass is 422 g/mol. The van der Waals surface area contributed by atoms with E-state index in [1.54, 1.807) is 6.20 Å². The van der Waals surface area contributed by atoms with Crippen LogP contribution in [0.2, 0.25) is 0 Å². The number of likely N-dealkylation sites (tertiary alicyclic amines) is 1. The molecule has 3 aliphatic rings. The number of anilines is 2. The van der Waals surface area contributed by atoms with E-state index in [1.807, 2.05) is 16.9 Å². The van der Waals surface area contributed by atoms with Crippen LogP contribution in [0.5, 0.6) is 0 Å². The summed E-state index contributed by atoms with van der Waals surface area (Å²) in [6, 6.07) is 2.82. The summed E-state index contributed by atoms with van der Waals surface area (Å²) in [5.74, 6) is 1.95. The van der Waals surface area contributed by atoms with E-state index in [-0.39, 0.29) is 0 Å². The molecule has 0 saturated carbocycles. The Balaban J connectivity index is 1.51. The molecule has 6 rings (SSSR count). The third-order valence-electron chi connectivity index (χ3n) is 7.14. The molecule has 164 valence electrons. The molecule has 0 aromatic carbocycles. The quantitative estimate of drug-likeness (QED) is 0.690. The van der Waals surface area contributed by atoms with Gasteiger partial charge in [0.2, 0.25) is 0 Å². The van der Waals surface area contributed by atoms with Crippen molar-refractivity contribution < 1.29 is 4.74 Å². The maximum Gasteiger partial charge on any atom is 0.169 e. The minimum atomic E-state index is 0.309. The van der Waals surface area contributed by atoms with Gasteiger partial charge in [-0.2, -0.15) is 14.9 Å². The van der Waals surface area contributed by atoms with Crippen molar-refractivity contribution in [1.29, 1.82) is 0 Å². The lowest BCUT2D eigenvalue weighted by Gasteiger charge is -2.38. The molecule has 2 saturated heterocycles. The van der Waals surface area contributed by atoms with E-state index in [2.05, 4.69) is 38.9 Å². The van der Waals surface area contributed by atoms with Gasteiger partial charge in [0.1, 0.15) is 5.82 Å². The second kappa shape index (κ2) is 7.49. The van der Waals surface area contributed by atoms with Crippen LogP contribution in [-0.2, 0) is 11.2 Å². The first-order chi connectivity index (χ1) is 15.2. The van der Waals surface area contributed by atoms with Gasteiger partial charge >= 0.3 is 0 Å². The molecule has 6 heterocycles. The zero-order valence-corrected chi connectivity index (χ0v) is 18.3. The lowest BCUT2D eigenvalue weighted by Crippen LogP contribution is -2.44. The van der Waals surface area contributed by atoms with Gasteiger partial charge in [-0.25, -0.2) is 4.98 Å². The molecular weight excluding hydrogens is 392 g/mol. The van der Waals surface area contributed by atoms with Gasteiger partial charge in [0.25, 0.3) is 0 Å². The van der Waals surface area contributed by atoms with Gasteiger partial charge in [0.15, 0.2) is 11.5 Å². The molecule has 1 atom stereocenters. The van der Waals surface area contributed by atoms with Gasteiger partial charge in [-0.3, -0.25) is 5.10 Å². The fraction of sp³-hybridized carbons (Fsp3) is 0.591. The van der Waals surface area contributed by atoms with E-state index >= 15 is 0 Å². The number of fused-ring (bicyclic) bond motifs is 3. The Morgan fingerprint density at radius 1 is 1.13 bits per heavy atom. The van der Waals surface area contributed by atoms with Crippen LogP contribution in [0.15, 0.2) is 18.5 Å². The lowest BCUT2D eigenvalue weighted by molar-refractivity contribution is 0.0985. The highest BCUT2D eigenvalue weighted by Gasteiger charge is 2.35. The molecule has 0 bridgehead atoms. The van der Waals surface area contributed by atoms with Crippen LogP contribution >= 0.6 is 0 Å². The van der Waals surface area contributed by atoms with Crippen LogP contribution in [0.4, 0.5) is 11.5 Å². The molecule has 0 spiro atoms. The van der Waals surface area contributed by atoms with Crippen molar-refractivity contribution >= 4 is 22.5 Å². The number of nitrogens with zero attached hydrogens (tertiary/aromatic N) is 7. The SMILES string of the molecule is C[C@@H]1COCCN1c1nc2c(cnn2-c2ccn[nH]2)c2c1CCN2C1CCN(C)CC1. The molecule has 3 aromatic rings. The summed E-state index contributed by atoms with van der Waals surface area (Å²) in [5, 5.41) is 13.0. The highest BCUT2D eigenvalue weighted by molar-refractivity contribution is 5.96. The first kappa shape index (κ1) is 19.1. The Kier molecular flexibility index (Phi) is 4.61. The zero-order chi connectivity index (χ0) is 20.9. The predicted molar refractivity (Wildman–Crippen MR) is 120 cm³/mol. The summed E-state index contributed by atoms with van der Waals surface area (Å²) >= 11 is 0. The largest absolute Gasteiger partial charge is 0.377 e. The summed E-state index contributed by atoms with van der Waals surface area (Å²) < 4.78 is 7.61. The molecule has 2 fully saturated rings. The number of hydrogen-bond donors (Lipinski definition) is 1. The minimum Gasteiger partial charge on any atom is -0.377 e. The fourth-order valence-corrected chi connectivity index (χ4v) is 5.45. The third-order valence-corrected chi connectivity index (χ3v) is 7.14. The Labute approximate surface area is 182 Å². The van der Waals surface area contributed by atoms with Crippen LogP contribution in [0.1, 0.15) is 25.3 Å². The topological polar surface area (TPSA) is 78.3 Å². The van der Waals surface area contributed by atoms with Crippen LogP contribution in [0.3, 0.4) is 0 Å². The number of H-pyrrole nitrogens is 1. The number of aromatic nitrogens is 5. The highest BCUT2D eigenvalue weighted by Crippen LogP contribution is 2.43. The normalized spacial score (nSPS) is 23.1. The third kappa shape index (κ3) is 3.10. The number of morpholine rings is 1. The lowest BCUT2D eigenvalue weighted by atomic mass is 10.0. The number of pyridine rings is 1. The summed E-state index contributed by atoms with van der Waals surface area (Å²) in [7, 11) is 2.22. The van der Waals surface area contributed by atoms with E-state index in [9.17, 15) is 0 Å². The van der Waals surface area contributed by atoms with Crippen LogP contribution in [0, 0.1) is 0 Å². The van der Waals surface area contributed by atoms with E-state index in [0.29, 0.717) is 12.1 Å². The zero-order valence-electron chi connectivity index (χ0n) is 18.3. The molecule has 1 N–H and O–H groups in total. The van der Waals surface area contributed by atoms with Gasteiger partial charge in [-0.1, -0.05) is 0 Å². The summed E-state index contributed by atoms with van der Waals surface area (Å²) in [4.78, 5) is 12.7. The maximum absolute atomic E-state index is 5.72. The average Bonchev–Trinajstić information content (AvgIpc) is 3.53. The molecule has 0 amide bonds. The molecule has 0 unspecified atom stereocenters. The van der Waals surface area contributed by atoms with E-state index < -0.39 is 0 Å². The van der Waals surface area contributed by atoms with Gasteiger partial charge < -0.3 is 19.4 Å². The second-order valence-corrected chi connectivity index (χ2v) is 9.09. The van der Waals surface area contributed by atoms with Gasteiger partial charge in [0, 0.05) is 30.8 Å². The number of piperidine rings is 1. The molecule has 3 aliphatic heterocycles. The van der Waals surface area contributed by atoms with Crippen molar-refractivity contribution in [2.45, 2.75) is 38.3 Å². The van der Waals surface area contributed by atoms with Crippen LogP contribution in [0.25, 0.3) is 16.9 Å². The number of ether oxygens (including phenoxy) is 1. The maximum atomic E-state index is 5.72. The standard InChI is InChI=1S/C22H30N8O/c1-15-14-31-12-11-28(15)21-17-6-10-29(16-4-8-27(2)9-5-16)20(17)18-13-24-30(22(18)25-21)19-3-7-23-26-19/h3,7,13,15-16H,4-6,8-12,14H2,1-2H3,(H,23,26)/t15-/m1/s1. The van der Waals surface area contributed by atoms with Crippen LogP contribution < -0.4 is 9.80 Å². The Morgan fingerprint density at radius 2 is 2.00 bits per heavy atom. The number of hydrogen-bond acceptors (Lipinski definition) is 7. The minimum absolute atomic E-state index is 0.309. The molecule has 9 nitrogen and oxygen atoms in total. The van der Waals surface area contributed by atoms with E-state index in [1.165, 1.54) is 24.1 Å². The molecule has 31 heavy (non-hydrogen) atoms. The highest BCUT2D eigenvalue weighted by atomic mass is 16.5. The Bertz CT molecular complexity index is 1070. The average molecular weight is 423 g/mol. The fourth-order valence-electron chi connectivity index (χ4n) is 5.45. The van der Waals surface area contributed by atoms with Crippen molar-refractivity contribution in [3.8, 4) is 5.82 Å². The van der Waals surface area contributed by atoms with Crippen LogP contribution in [-0.4, -0.2) is 88.4 Å². The predicted octanol–water partition coefficient (Wildman–Crippen LogP) is 1.83.